The zero-order valence-electron chi connectivity index (χ0n) is 11.7. The normalized spacial score (nSPS) is 11.7. The van der Waals surface area contributed by atoms with E-state index < -0.39 is 10.0 Å². The Labute approximate surface area is 119 Å². The van der Waals surface area contributed by atoms with Crippen LogP contribution in [-0.4, -0.2) is 24.7 Å². The monoisotopic (exact) mass is 293 g/mol. The first-order valence-electron chi connectivity index (χ1n) is 6.53. The van der Waals surface area contributed by atoms with E-state index in [1.54, 1.807) is 23.0 Å². The van der Waals surface area contributed by atoms with Crippen LogP contribution in [0.25, 0.3) is 0 Å². The van der Waals surface area contributed by atoms with Crippen molar-refractivity contribution in [1.82, 2.24) is 14.5 Å². The molecule has 1 N–H and O–H groups in total. The minimum absolute atomic E-state index is 0.319. The molecule has 0 saturated heterocycles. The van der Waals surface area contributed by atoms with E-state index in [9.17, 15) is 8.42 Å². The van der Waals surface area contributed by atoms with Crippen LogP contribution in [0, 0.1) is 13.8 Å². The van der Waals surface area contributed by atoms with Crippen LogP contribution in [0.4, 0.5) is 0 Å². The van der Waals surface area contributed by atoms with Gasteiger partial charge in [0.05, 0.1) is 4.90 Å². The van der Waals surface area contributed by atoms with Gasteiger partial charge >= 0.3 is 0 Å². The van der Waals surface area contributed by atoms with Gasteiger partial charge in [-0.2, -0.15) is 5.10 Å². The maximum atomic E-state index is 12.1. The highest BCUT2D eigenvalue weighted by atomic mass is 32.2. The van der Waals surface area contributed by atoms with Gasteiger partial charge in [0, 0.05) is 25.5 Å². The van der Waals surface area contributed by atoms with E-state index in [2.05, 4.69) is 9.82 Å². The largest absolute Gasteiger partial charge is 0.273 e. The van der Waals surface area contributed by atoms with Gasteiger partial charge in [0.15, 0.2) is 0 Å². The fourth-order valence-electron chi connectivity index (χ4n) is 1.84. The summed E-state index contributed by atoms with van der Waals surface area (Å²) in [4.78, 5) is 0.319. The van der Waals surface area contributed by atoms with E-state index in [-0.39, 0.29) is 0 Å². The van der Waals surface area contributed by atoms with Crippen LogP contribution < -0.4 is 4.72 Å². The maximum Gasteiger partial charge on any atom is 0.240 e. The second-order valence-electron chi connectivity index (χ2n) is 4.77. The molecule has 1 aromatic carbocycles. The molecule has 108 valence electrons. The second-order valence-corrected chi connectivity index (χ2v) is 6.53. The Morgan fingerprint density at radius 3 is 2.70 bits per heavy atom. The van der Waals surface area contributed by atoms with Crippen molar-refractivity contribution in [2.75, 3.05) is 6.54 Å². The van der Waals surface area contributed by atoms with Crippen molar-refractivity contribution in [1.29, 1.82) is 0 Å². The summed E-state index contributed by atoms with van der Waals surface area (Å²) >= 11 is 0. The molecule has 0 radical (unpaired) electrons. The summed E-state index contributed by atoms with van der Waals surface area (Å²) in [5.74, 6) is 0. The quantitative estimate of drug-likeness (QED) is 0.827. The van der Waals surface area contributed by atoms with Crippen molar-refractivity contribution < 1.29 is 8.42 Å². The van der Waals surface area contributed by atoms with Gasteiger partial charge in [0.1, 0.15) is 0 Å². The average Bonchev–Trinajstić information content (AvgIpc) is 2.91. The third-order valence-corrected chi connectivity index (χ3v) is 4.66. The lowest BCUT2D eigenvalue weighted by atomic mass is 10.1. The number of nitrogens with one attached hydrogen (secondary N) is 1. The van der Waals surface area contributed by atoms with Gasteiger partial charge in [-0.15, -0.1) is 0 Å². The van der Waals surface area contributed by atoms with E-state index in [0.717, 1.165) is 11.1 Å². The summed E-state index contributed by atoms with van der Waals surface area (Å²) in [6.45, 7) is 4.97. The predicted octanol–water partition coefficient (Wildman–Crippen LogP) is 1.87. The van der Waals surface area contributed by atoms with Crippen LogP contribution in [0.3, 0.4) is 0 Å². The summed E-state index contributed by atoms with van der Waals surface area (Å²) in [5, 5.41) is 4.07. The van der Waals surface area contributed by atoms with Gasteiger partial charge in [0.2, 0.25) is 10.0 Å². The molecule has 0 atom stereocenters. The topological polar surface area (TPSA) is 64.0 Å². The number of benzene rings is 1. The maximum absolute atomic E-state index is 12.1. The van der Waals surface area contributed by atoms with Crippen molar-refractivity contribution >= 4 is 10.0 Å². The molecule has 0 amide bonds. The molecule has 20 heavy (non-hydrogen) atoms. The van der Waals surface area contributed by atoms with Crippen LogP contribution in [0.15, 0.2) is 41.6 Å². The first kappa shape index (κ1) is 14.7. The molecule has 0 saturated carbocycles. The highest BCUT2D eigenvalue weighted by Crippen LogP contribution is 2.14. The van der Waals surface area contributed by atoms with Gasteiger partial charge in [-0.05, 0) is 49.6 Å². The fourth-order valence-corrected chi connectivity index (χ4v) is 3.00. The first-order chi connectivity index (χ1) is 9.49. The highest BCUT2D eigenvalue weighted by Gasteiger charge is 2.13. The summed E-state index contributed by atoms with van der Waals surface area (Å²) in [6.07, 6.45) is 4.27. The molecular weight excluding hydrogens is 274 g/mol. The Morgan fingerprint density at radius 1 is 1.25 bits per heavy atom. The summed E-state index contributed by atoms with van der Waals surface area (Å²) in [7, 11) is -3.42. The standard InChI is InChI=1S/C14H19N3O2S/c1-12-5-6-14(11-13(12)2)20(18,19)16-8-4-10-17-9-3-7-15-17/h3,5-7,9,11,16H,4,8,10H2,1-2H3. The predicted molar refractivity (Wildman–Crippen MR) is 77.9 cm³/mol. The lowest BCUT2D eigenvalue weighted by molar-refractivity contribution is 0.553. The van der Waals surface area contributed by atoms with E-state index in [1.165, 1.54) is 0 Å². The Balaban J connectivity index is 1.92. The molecule has 0 unspecified atom stereocenters. The molecule has 0 aliphatic carbocycles. The lowest BCUT2D eigenvalue weighted by Gasteiger charge is -2.08. The molecule has 1 heterocycles. The zero-order valence-corrected chi connectivity index (χ0v) is 12.5. The number of nitrogens with zero attached hydrogens (tertiary/aromatic N) is 2. The SMILES string of the molecule is Cc1ccc(S(=O)(=O)NCCCn2cccn2)cc1C. The Hall–Kier alpha value is -1.66. The Bertz CT molecular complexity index is 664. The van der Waals surface area contributed by atoms with E-state index >= 15 is 0 Å². The zero-order chi connectivity index (χ0) is 14.6. The number of aromatic nitrogens is 2. The van der Waals surface area contributed by atoms with Gasteiger partial charge in [-0.25, -0.2) is 13.1 Å². The Kier molecular flexibility index (Phi) is 4.57. The highest BCUT2D eigenvalue weighted by molar-refractivity contribution is 7.89. The minimum atomic E-state index is -3.42. The Morgan fingerprint density at radius 2 is 2.05 bits per heavy atom. The smallest absolute Gasteiger partial charge is 0.240 e. The summed E-state index contributed by atoms with van der Waals surface area (Å²) in [6, 6.07) is 7.01. The average molecular weight is 293 g/mol. The lowest BCUT2D eigenvalue weighted by Crippen LogP contribution is -2.25. The molecule has 2 aromatic rings. The van der Waals surface area contributed by atoms with E-state index in [0.29, 0.717) is 24.4 Å². The van der Waals surface area contributed by atoms with Crippen LogP contribution in [0.5, 0.6) is 0 Å². The third kappa shape index (κ3) is 3.68. The minimum Gasteiger partial charge on any atom is -0.273 e. The molecule has 2 rings (SSSR count). The summed E-state index contributed by atoms with van der Waals surface area (Å²) < 4.78 is 28.6. The number of sulfonamides is 1. The van der Waals surface area contributed by atoms with Gasteiger partial charge in [-0.3, -0.25) is 4.68 Å². The van der Waals surface area contributed by atoms with Gasteiger partial charge in [-0.1, -0.05) is 6.07 Å². The third-order valence-electron chi connectivity index (χ3n) is 3.20. The molecule has 0 bridgehead atoms. The number of aryl methyl sites for hydroxylation is 3. The van der Waals surface area contributed by atoms with Crippen molar-refractivity contribution in [3.8, 4) is 0 Å². The van der Waals surface area contributed by atoms with Crippen molar-refractivity contribution in [3.63, 3.8) is 0 Å². The second kappa shape index (κ2) is 6.19. The molecule has 0 fully saturated rings. The fraction of sp³-hybridized carbons (Fsp3) is 0.357. The number of rotatable bonds is 6. The molecule has 6 heteroatoms. The van der Waals surface area contributed by atoms with Crippen LogP contribution in [0.2, 0.25) is 0 Å². The molecule has 0 aliphatic rings. The molecule has 0 aliphatic heterocycles. The van der Waals surface area contributed by atoms with E-state index in [4.69, 9.17) is 0 Å². The van der Waals surface area contributed by atoms with Crippen LogP contribution in [0.1, 0.15) is 17.5 Å². The van der Waals surface area contributed by atoms with Crippen molar-refractivity contribution in [2.45, 2.75) is 31.7 Å². The molecular formula is C14H19N3O2S. The van der Waals surface area contributed by atoms with Crippen LogP contribution >= 0.6 is 0 Å². The van der Waals surface area contributed by atoms with E-state index in [1.807, 2.05) is 32.2 Å². The van der Waals surface area contributed by atoms with Gasteiger partial charge < -0.3 is 0 Å². The first-order valence-corrected chi connectivity index (χ1v) is 8.02. The van der Waals surface area contributed by atoms with Crippen molar-refractivity contribution in [3.05, 3.63) is 47.8 Å². The molecule has 1 aromatic heterocycles. The van der Waals surface area contributed by atoms with Gasteiger partial charge in [0.25, 0.3) is 0 Å². The summed E-state index contributed by atoms with van der Waals surface area (Å²) in [5.41, 5.74) is 2.06. The molecule has 5 nitrogen and oxygen atoms in total. The number of hydrogen-bond acceptors (Lipinski definition) is 3. The molecule has 0 spiro atoms. The number of hydrogen-bond donors (Lipinski definition) is 1. The van der Waals surface area contributed by atoms with Crippen LogP contribution in [-0.2, 0) is 16.6 Å². The van der Waals surface area contributed by atoms with Crippen molar-refractivity contribution in [2.24, 2.45) is 0 Å².